The molecule has 19 heavy (non-hydrogen) atoms. The molecule has 1 aromatic heterocycles. The van der Waals surface area contributed by atoms with Gasteiger partial charge in [0.2, 0.25) is 0 Å². The van der Waals surface area contributed by atoms with Crippen LogP contribution in [0.1, 0.15) is 10.4 Å². The number of hydrogen-bond acceptors (Lipinski definition) is 4. The minimum absolute atomic E-state index is 0.370. The van der Waals surface area contributed by atoms with Gasteiger partial charge in [-0.15, -0.1) is 11.3 Å². The van der Waals surface area contributed by atoms with E-state index in [4.69, 9.17) is 4.74 Å². The average molecular weight is 280 g/mol. The van der Waals surface area contributed by atoms with Crippen molar-refractivity contribution in [2.24, 2.45) is 11.3 Å². The number of fused-ring (bicyclic) bond motifs is 1. The Morgan fingerprint density at radius 3 is 3.05 bits per heavy atom. The minimum Gasteiger partial charge on any atom is -0.380 e. The molecule has 4 heteroatoms. The molecule has 2 saturated heterocycles. The molecule has 0 radical (unpaired) electrons. The van der Waals surface area contributed by atoms with Crippen molar-refractivity contribution in [2.45, 2.75) is 13.5 Å². The molecule has 2 atom stereocenters. The van der Waals surface area contributed by atoms with E-state index in [1.54, 1.807) is 0 Å². The summed E-state index contributed by atoms with van der Waals surface area (Å²) in [6.45, 7) is 8.77. The summed E-state index contributed by atoms with van der Waals surface area (Å²) >= 11 is 1.89. The van der Waals surface area contributed by atoms with E-state index in [0.29, 0.717) is 5.41 Å². The van der Waals surface area contributed by atoms with Gasteiger partial charge < -0.3 is 9.64 Å². The molecule has 3 nitrogen and oxygen atoms in total. The summed E-state index contributed by atoms with van der Waals surface area (Å²) in [6.07, 6.45) is 0. The third kappa shape index (κ3) is 2.59. The lowest BCUT2D eigenvalue weighted by Crippen LogP contribution is -2.40. The SMILES string of the molecule is Cc1ccsc1CN1C[C@@H]2COC[C@]2(CN(C)C)C1. The molecule has 0 aromatic carbocycles. The monoisotopic (exact) mass is 280 g/mol. The smallest absolute Gasteiger partial charge is 0.0551 e. The maximum atomic E-state index is 5.77. The van der Waals surface area contributed by atoms with Crippen molar-refractivity contribution in [1.29, 1.82) is 0 Å². The van der Waals surface area contributed by atoms with Gasteiger partial charge >= 0.3 is 0 Å². The number of thiophene rings is 1. The molecule has 0 unspecified atom stereocenters. The van der Waals surface area contributed by atoms with E-state index in [9.17, 15) is 0 Å². The Morgan fingerprint density at radius 1 is 1.53 bits per heavy atom. The Hall–Kier alpha value is -0.420. The molecule has 2 aliphatic rings. The lowest BCUT2D eigenvalue weighted by atomic mass is 9.81. The van der Waals surface area contributed by atoms with Crippen molar-refractivity contribution in [3.05, 3.63) is 21.9 Å². The Labute approximate surface area is 120 Å². The summed E-state index contributed by atoms with van der Waals surface area (Å²) in [5.41, 5.74) is 1.81. The normalized spacial score (nSPS) is 31.3. The van der Waals surface area contributed by atoms with Crippen LogP contribution >= 0.6 is 11.3 Å². The summed E-state index contributed by atoms with van der Waals surface area (Å²) in [7, 11) is 4.35. The fourth-order valence-corrected chi connectivity index (χ4v) is 4.63. The van der Waals surface area contributed by atoms with Crippen molar-refractivity contribution < 1.29 is 4.74 Å². The molecular formula is C15H24N2OS. The van der Waals surface area contributed by atoms with Gasteiger partial charge in [0.15, 0.2) is 0 Å². The van der Waals surface area contributed by atoms with E-state index in [-0.39, 0.29) is 0 Å². The van der Waals surface area contributed by atoms with Gasteiger partial charge in [0.05, 0.1) is 13.2 Å². The van der Waals surface area contributed by atoms with E-state index >= 15 is 0 Å². The predicted octanol–water partition coefficient (Wildman–Crippen LogP) is 2.07. The first-order valence-corrected chi connectivity index (χ1v) is 7.95. The molecule has 0 spiro atoms. The molecule has 2 aliphatic heterocycles. The first-order chi connectivity index (χ1) is 9.09. The van der Waals surface area contributed by atoms with E-state index in [0.717, 1.165) is 32.2 Å². The largest absolute Gasteiger partial charge is 0.380 e. The second-order valence-corrected chi connectivity index (χ2v) is 7.51. The fraction of sp³-hybridized carbons (Fsp3) is 0.733. The Balaban J connectivity index is 1.70. The molecule has 0 saturated carbocycles. The quantitative estimate of drug-likeness (QED) is 0.840. The van der Waals surface area contributed by atoms with E-state index in [1.807, 2.05) is 11.3 Å². The maximum Gasteiger partial charge on any atom is 0.0551 e. The molecule has 0 aliphatic carbocycles. The van der Waals surface area contributed by atoms with Crippen LogP contribution in [0.25, 0.3) is 0 Å². The van der Waals surface area contributed by atoms with Crippen LogP contribution in [0.3, 0.4) is 0 Å². The highest BCUT2D eigenvalue weighted by Gasteiger charge is 2.50. The van der Waals surface area contributed by atoms with Crippen molar-refractivity contribution in [3.8, 4) is 0 Å². The van der Waals surface area contributed by atoms with Crippen molar-refractivity contribution in [2.75, 3.05) is 46.9 Å². The highest BCUT2D eigenvalue weighted by molar-refractivity contribution is 7.10. The zero-order valence-corrected chi connectivity index (χ0v) is 13.0. The third-order valence-electron chi connectivity index (χ3n) is 4.56. The molecule has 0 bridgehead atoms. The summed E-state index contributed by atoms with van der Waals surface area (Å²) in [4.78, 5) is 6.48. The molecular weight excluding hydrogens is 256 g/mol. The number of hydrogen-bond donors (Lipinski definition) is 0. The summed E-state index contributed by atoms with van der Waals surface area (Å²) in [5.74, 6) is 0.718. The van der Waals surface area contributed by atoms with Crippen molar-refractivity contribution in [1.82, 2.24) is 9.80 Å². The number of ether oxygens (including phenoxy) is 1. The Morgan fingerprint density at radius 2 is 2.37 bits per heavy atom. The molecule has 0 amide bonds. The van der Waals surface area contributed by atoms with E-state index < -0.39 is 0 Å². The lowest BCUT2D eigenvalue weighted by Gasteiger charge is -2.30. The molecule has 3 heterocycles. The highest BCUT2D eigenvalue weighted by Crippen LogP contribution is 2.42. The molecule has 1 aromatic rings. The zero-order chi connectivity index (χ0) is 13.5. The molecule has 3 rings (SSSR count). The second-order valence-electron chi connectivity index (χ2n) is 6.51. The number of aryl methyl sites for hydroxylation is 1. The molecule has 2 fully saturated rings. The minimum atomic E-state index is 0.370. The topological polar surface area (TPSA) is 15.7 Å². The zero-order valence-electron chi connectivity index (χ0n) is 12.2. The summed E-state index contributed by atoms with van der Waals surface area (Å²) < 4.78 is 5.77. The van der Waals surface area contributed by atoms with Crippen LogP contribution < -0.4 is 0 Å². The first-order valence-electron chi connectivity index (χ1n) is 7.07. The fourth-order valence-electron chi connectivity index (χ4n) is 3.69. The lowest BCUT2D eigenvalue weighted by molar-refractivity contribution is 0.110. The first kappa shape index (κ1) is 13.6. The van der Waals surface area contributed by atoms with E-state index in [1.165, 1.54) is 23.5 Å². The highest BCUT2D eigenvalue weighted by atomic mass is 32.1. The molecule has 0 N–H and O–H groups in total. The van der Waals surface area contributed by atoms with Gasteiger partial charge in [0.1, 0.15) is 0 Å². The summed E-state index contributed by atoms with van der Waals surface area (Å²) in [6, 6.07) is 2.23. The van der Waals surface area contributed by atoms with Gasteiger partial charge in [-0.1, -0.05) is 0 Å². The van der Waals surface area contributed by atoms with Crippen LogP contribution in [0.15, 0.2) is 11.4 Å². The standard InChI is InChI=1S/C15H24N2OS/c1-12-4-5-19-14(12)7-17-6-13-8-18-11-15(13,10-17)9-16(2)3/h4-5,13H,6-11H2,1-3H3/t13-,15+/m1/s1. The number of likely N-dealkylation sites (tertiary alicyclic amines) is 1. The van der Waals surface area contributed by atoms with Gasteiger partial charge in [-0.25, -0.2) is 0 Å². The number of nitrogens with zero attached hydrogens (tertiary/aromatic N) is 2. The van der Waals surface area contributed by atoms with Gasteiger partial charge in [-0.3, -0.25) is 4.90 Å². The Kier molecular flexibility index (Phi) is 3.69. The van der Waals surface area contributed by atoms with Crippen molar-refractivity contribution in [3.63, 3.8) is 0 Å². The number of rotatable bonds is 4. The average Bonchev–Trinajstić information content (AvgIpc) is 2.94. The third-order valence-corrected chi connectivity index (χ3v) is 5.57. The van der Waals surface area contributed by atoms with Gasteiger partial charge in [0, 0.05) is 42.4 Å². The van der Waals surface area contributed by atoms with Crippen molar-refractivity contribution >= 4 is 11.3 Å². The van der Waals surface area contributed by atoms with Crippen LogP contribution in [-0.4, -0.2) is 56.7 Å². The Bertz CT molecular complexity index is 445. The van der Waals surface area contributed by atoms with Gasteiger partial charge in [-0.2, -0.15) is 0 Å². The van der Waals surface area contributed by atoms with Crippen LogP contribution in [0.5, 0.6) is 0 Å². The predicted molar refractivity (Wildman–Crippen MR) is 79.6 cm³/mol. The van der Waals surface area contributed by atoms with Crippen LogP contribution in [0.2, 0.25) is 0 Å². The maximum absolute atomic E-state index is 5.77. The second kappa shape index (κ2) is 5.17. The van der Waals surface area contributed by atoms with Crippen LogP contribution in [0, 0.1) is 18.3 Å². The van der Waals surface area contributed by atoms with E-state index in [2.05, 4.69) is 42.3 Å². The van der Waals surface area contributed by atoms with Gasteiger partial charge in [-0.05, 0) is 38.0 Å². The van der Waals surface area contributed by atoms with Gasteiger partial charge in [0.25, 0.3) is 0 Å². The van der Waals surface area contributed by atoms with Crippen LogP contribution in [-0.2, 0) is 11.3 Å². The summed E-state index contributed by atoms with van der Waals surface area (Å²) in [5, 5.41) is 2.21. The molecule has 106 valence electrons. The van der Waals surface area contributed by atoms with Crippen LogP contribution in [0.4, 0.5) is 0 Å².